The van der Waals surface area contributed by atoms with Crippen molar-refractivity contribution in [2.75, 3.05) is 12.8 Å². The second-order valence-electron chi connectivity index (χ2n) is 2.45. The normalized spacial score (nSPS) is 15.4. The van der Waals surface area contributed by atoms with Crippen molar-refractivity contribution in [3.05, 3.63) is 0 Å². The van der Waals surface area contributed by atoms with E-state index in [1.807, 2.05) is 0 Å². The third-order valence-corrected chi connectivity index (χ3v) is 2.44. The zero-order valence-corrected chi connectivity index (χ0v) is 7.20. The second-order valence-corrected chi connectivity index (χ2v) is 3.57. The van der Waals surface area contributed by atoms with Crippen molar-refractivity contribution in [3.8, 4) is 0 Å². The van der Waals surface area contributed by atoms with E-state index in [4.69, 9.17) is 0 Å². The standard InChI is InChI=1S/C7H17P/c1-4-5-7(2)6-8-3/h7-8H,4-6H2,1-3H3. The molecule has 2 unspecified atom stereocenters. The Balaban J connectivity index is 2.92. The molecule has 0 heterocycles. The molecule has 0 aromatic carbocycles. The highest BCUT2D eigenvalue weighted by Gasteiger charge is 1.95. The molecule has 0 bridgehead atoms. The van der Waals surface area contributed by atoms with Crippen molar-refractivity contribution in [2.24, 2.45) is 5.92 Å². The largest absolute Gasteiger partial charge is 0.125 e. The molecule has 0 aliphatic carbocycles. The number of hydrogen-bond donors (Lipinski definition) is 0. The fourth-order valence-corrected chi connectivity index (χ4v) is 1.84. The van der Waals surface area contributed by atoms with Crippen molar-refractivity contribution in [1.29, 1.82) is 0 Å². The predicted molar refractivity (Wildman–Crippen MR) is 43.2 cm³/mol. The Labute approximate surface area is 54.8 Å². The molecular weight excluding hydrogens is 115 g/mol. The Hall–Kier alpha value is 0.430. The van der Waals surface area contributed by atoms with Crippen LogP contribution >= 0.6 is 8.58 Å². The van der Waals surface area contributed by atoms with Crippen molar-refractivity contribution >= 4 is 8.58 Å². The molecule has 0 saturated heterocycles. The summed E-state index contributed by atoms with van der Waals surface area (Å²) in [6, 6.07) is 0. The van der Waals surface area contributed by atoms with Crippen LogP contribution in [-0.4, -0.2) is 12.8 Å². The average molecular weight is 132 g/mol. The Morgan fingerprint density at radius 1 is 1.50 bits per heavy atom. The minimum absolute atomic E-state index is 0.975. The highest BCUT2D eigenvalue weighted by atomic mass is 31.1. The molecule has 0 aliphatic rings. The van der Waals surface area contributed by atoms with Crippen molar-refractivity contribution in [2.45, 2.75) is 26.7 Å². The maximum absolute atomic E-state index is 2.35. The summed E-state index contributed by atoms with van der Waals surface area (Å²) in [5.74, 6) is 0.975. The molecule has 0 spiro atoms. The summed E-state index contributed by atoms with van der Waals surface area (Å²) in [4.78, 5) is 0. The fourth-order valence-electron chi connectivity index (χ4n) is 0.943. The van der Waals surface area contributed by atoms with Gasteiger partial charge in [-0.05, 0) is 18.7 Å². The van der Waals surface area contributed by atoms with Crippen LogP contribution in [0.5, 0.6) is 0 Å². The van der Waals surface area contributed by atoms with Crippen LogP contribution in [0.25, 0.3) is 0 Å². The summed E-state index contributed by atoms with van der Waals surface area (Å²) < 4.78 is 0. The molecule has 0 nitrogen and oxygen atoms in total. The Bertz CT molecular complexity index is 37.7. The van der Waals surface area contributed by atoms with Crippen LogP contribution in [0.2, 0.25) is 0 Å². The third kappa shape index (κ3) is 4.59. The van der Waals surface area contributed by atoms with Gasteiger partial charge in [-0.3, -0.25) is 0 Å². The lowest BCUT2D eigenvalue weighted by molar-refractivity contribution is 0.584. The van der Waals surface area contributed by atoms with Crippen molar-refractivity contribution in [3.63, 3.8) is 0 Å². The van der Waals surface area contributed by atoms with E-state index in [0.29, 0.717) is 0 Å². The lowest BCUT2D eigenvalue weighted by Gasteiger charge is -2.05. The van der Waals surface area contributed by atoms with Gasteiger partial charge in [0.25, 0.3) is 0 Å². The van der Waals surface area contributed by atoms with E-state index in [0.717, 1.165) is 14.5 Å². The van der Waals surface area contributed by atoms with Crippen LogP contribution in [0.15, 0.2) is 0 Å². The summed E-state index contributed by atoms with van der Waals surface area (Å²) in [5.41, 5.74) is 0. The smallest absolute Gasteiger partial charge is 0.0330 e. The topological polar surface area (TPSA) is 0 Å². The van der Waals surface area contributed by atoms with Gasteiger partial charge in [-0.25, -0.2) is 0 Å². The van der Waals surface area contributed by atoms with Crippen LogP contribution < -0.4 is 0 Å². The molecule has 0 amide bonds. The molecule has 0 aromatic rings. The number of hydrogen-bond acceptors (Lipinski definition) is 0. The summed E-state index contributed by atoms with van der Waals surface area (Å²) in [6.45, 7) is 6.89. The molecule has 1 heteroatoms. The van der Waals surface area contributed by atoms with Crippen molar-refractivity contribution in [1.82, 2.24) is 0 Å². The highest BCUT2D eigenvalue weighted by Crippen LogP contribution is 2.14. The predicted octanol–water partition coefficient (Wildman–Crippen LogP) is 2.73. The van der Waals surface area contributed by atoms with Gasteiger partial charge < -0.3 is 0 Å². The van der Waals surface area contributed by atoms with E-state index in [2.05, 4.69) is 20.5 Å². The Morgan fingerprint density at radius 3 is 2.50 bits per heavy atom. The first-order chi connectivity index (χ1) is 3.81. The van der Waals surface area contributed by atoms with E-state index in [9.17, 15) is 0 Å². The molecule has 8 heavy (non-hydrogen) atoms. The molecule has 0 radical (unpaired) electrons. The molecule has 0 rings (SSSR count). The van der Waals surface area contributed by atoms with E-state index >= 15 is 0 Å². The molecule has 50 valence electrons. The molecular formula is C7H17P. The van der Waals surface area contributed by atoms with Gasteiger partial charge in [0, 0.05) is 0 Å². The zero-order chi connectivity index (χ0) is 6.41. The van der Waals surface area contributed by atoms with Gasteiger partial charge in [0.2, 0.25) is 0 Å². The number of rotatable bonds is 4. The van der Waals surface area contributed by atoms with Gasteiger partial charge in [0.1, 0.15) is 0 Å². The van der Waals surface area contributed by atoms with E-state index in [1.54, 1.807) is 0 Å². The quantitative estimate of drug-likeness (QED) is 0.516. The Kier molecular flexibility index (Phi) is 5.86. The Morgan fingerprint density at radius 2 is 2.12 bits per heavy atom. The first-order valence-corrected chi connectivity index (χ1v) is 5.16. The SMILES string of the molecule is CCCC(C)CPC. The summed E-state index contributed by atoms with van der Waals surface area (Å²) >= 11 is 0. The van der Waals surface area contributed by atoms with Crippen LogP contribution in [0.4, 0.5) is 0 Å². The second kappa shape index (κ2) is 5.56. The third-order valence-electron chi connectivity index (χ3n) is 1.33. The van der Waals surface area contributed by atoms with Crippen LogP contribution in [0, 0.1) is 5.92 Å². The van der Waals surface area contributed by atoms with Gasteiger partial charge in [0.05, 0.1) is 0 Å². The lowest BCUT2D eigenvalue weighted by Crippen LogP contribution is -1.94. The zero-order valence-electron chi connectivity index (χ0n) is 6.20. The average Bonchev–Trinajstić information content (AvgIpc) is 1.68. The first kappa shape index (κ1) is 8.43. The summed E-state index contributed by atoms with van der Waals surface area (Å²) in [7, 11) is 1.15. The fraction of sp³-hybridized carbons (Fsp3) is 1.00. The highest BCUT2D eigenvalue weighted by molar-refractivity contribution is 7.36. The maximum atomic E-state index is 2.35. The van der Waals surface area contributed by atoms with E-state index in [1.165, 1.54) is 19.0 Å². The van der Waals surface area contributed by atoms with Crippen LogP contribution in [-0.2, 0) is 0 Å². The molecule has 0 aliphatic heterocycles. The first-order valence-electron chi connectivity index (χ1n) is 3.45. The summed E-state index contributed by atoms with van der Waals surface area (Å²) in [5, 5.41) is 0. The monoisotopic (exact) mass is 132 g/mol. The van der Waals surface area contributed by atoms with Gasteiger partial charge in [-0.2, -0.15) is 0 Å². The van der Waals surface area contributed by atoms with Gasteiger partial charge >= 0.3 is 0 Å². The van der Waals surface area contributed by atoms with Gasteiger partial charge in [0.15, 0.2) is 0 Å². The molecule has 0 aromatic heterocycles. The minimum Gasteiger partial charge on any atom is -0.125 e. The van der Waals surface area contributed by atoms with E-state index in [-0.39, 0.29) is 0 Å². The molecule has 0 N–H and O–H groups in total. The summed E-state index contributed by atoms with van der Waals surface area (Å²) in [6.07, 6.45) is 4.21. The van der Waals surface area contributed by atoms with Gasteiger partial charge in [-0.1, -0.05) is 26.7 Å². The lowest BCUT2D eigenvalue weighted by atomic mass is 10.1. The minimum atomic E-state index is 0.975. The van der Waals surface area contributed by atoms with Crippen LogP contribution in [0.1, 0.15) is 26.7 Å². The molecule has 0 saturated carbocycles. The van der Waals surface area contributed by atoms with Gasteiger partial charge in [-0.15, -0.1) is 8.58 Å². The molecule has 2 atom stereocenters. The van der Waals surface area contributed by atoms with E-state index < -0.39 is 0 Å². The molecule has 0 fully saturated rings. The van der Waals surface area contributed by atoms with Crippen LogP contribution in [0.3, 0.4) is 0 Å². The van der Waals surface area contributed by atoms with Crippen molar-refractivity contribution < 1.29 is 0 Å². The maximum Gasteiger partial charge on any atom is -0.0330 e.